The van der Waals surface area contributed by atoms with E-state index in [4.69, 9.17) is 0 Å². The summed E-state index contributed by atoms with van der Waals surface area (Å²) in [5.74, 6) is -3.70. The molecule has 1 atom stereocenters. The van der Waals surface area contributed by atoms with Crippen LogP contribution in [0.25, 0.3) is 0 Å². The highest BCUT2D eigenvalue weighted by molar-refractivity contribution is 5.93. The second-order valence-corrected chi connectivity index (χ2v) is 4.69. The van der Waals surface area contributed by atoms with Gasteiger partial charge >= 0.3 is 0 Å². The van der Waals surface area contributed by atoms with Gasteiger partial charge in [0, 0.05) is 5.56 Å². The molecule has 0 aliphatic carbocycles. The van der Waals surface area contributed by atoms with E-state index in [-0.39, 0.29) is 0 Å². The highest BCUT2D eigenvalue weighted by Gasteiger charge is 2.37. The molecule has 5 heteroatoms. The molecule has 0 fully saturated rings. The Kier molecular flexibility index (Phi) is 5.01. The lowest BCUT2D eigenvalue weighted by Gasteiger charge is -2.26. The van der Waals surface area contributed by atoms with Crippen molar-refractivity contribution >= 4 is 5.91 Å². The predicted octanol–water partition coefficient (Wildman–Crippen LogP) is 3.48. The van der Waals surface area contributed by atoms with Crippen molar-refractivity contribution in [1.29, 1.82) is 0 Å². The molecule has 1 amide bonds. The molecule has 2 aromatic carbocycles. The summed E-state index contributed by atoms with van der Waals surface area (Å²) in [4.78, 5) is 12.0. The Morgan fingerprint density at radius 1 is 1.05 bits per heavy atom. The highest BCUT2D eigenvalue weighted by Crippen LogP contribution is 2.31. The van der Waals surface area contributed by atoms with E-state index < -0.39 is 17.9 Å². The third-order valence-electron chi connectivity index (χ3n) is 3.16. The first-order valence-corrected chi connectivity index (χ1v) is 6.72. The number of nitrogens with one attached hydrogen (secondary N) is 2. The summed E-state index contributed by atoms with van der Waals surface area (Å²) in [6, 6.07) is 15.1. The van der Waals surface area contributed by atoms with Crippen LogP contribution in [0.3, 0.4) is 0 Å². The van der Waals surface area contributed by atoms with E-state index in [0.29, 0.717) is 17.2 Å². The fraction of sp³-hybridized carbons (Fsp3) is 0.118. The van der Waals surface area contributed by atoms with Crippen LogP contribution in [0, 0.1) is 0 Å². The summed E-state index contributed by atoms with van der Waals surface area (Å²) < 4.78 is 28.0. The topological polar surface area (TPSA) is 41.1 Å². The third-order valence-corrected chi connectivity index (χ3v) is 3.16. The van der Waals surface area contributed by atoms with Gasteiger partial charge in [0.15, 0.2) is 0 Å². The molecule has 0 radical (unpaired) electrons. The molecular formula is C17H16F2N2O. The summed E-state index contributed by atoms with van der Waals surface area (Å²) >= 11 is 0. The first kappa shape index (κ1) is 15.9. The van der Waals surface area contributed by atoms with E-state index in [9.17, 15) is 13.6 Å². The van der Waals surface area contributed by atoms with E-state index in [1.165, 1.54) is 0 Å². The Morgan fingerprint density at radius 3 is 2.14 bits per heavy atom. The van der Waals surface area contributed by atoms with E-state index in [0.717, 1.165) is 0 Å². The lowest BCUT2D eigenvalue weighted by molar-refractivity contribution is 0.00671. The largest absolute Gasteiger partial charge is 0.287 e. The summed E-state index contributed by atoms with van der Waals surface area (Å²) in [7, 11) is 0. The van der Waals surface area contributed by atoms with Crippen molar-refractivity contribution in [3.05, 3.63) is 84.4 Å². The average molecular weight is 302 g/mol. The molecule has 3 nitrogen and oxygen atoms in total. The van der Waals surface area contributed by atoms with Crippen molar-refractivity contribution in [1.82, 2.24) is 10.9 Å². The zero-order valence-electron chi connectivity index (χ0n) is 11.8. The fourth-order valence-corrected chi connectivity index (χ4v) is 1.96. The van der Waals surface area contributed by atoms with Gasteiger partial charge in [-0.05, 0) is 23.8 Å². The van der Waals surface area contributed by atoms with Crippen LogP contribution in [0.4, 0.5) is 8.78 Å². The van der Waals surface area contributed by atoms with Crippen LogP contribution in [0.2, 0.25) is 0 Å². The van der Waals surface area contributed by atoms with Crippen LogP contribution in [0.5, 0.6) is 0 Å². The maximum atomic E-state index is 14.0. The molecule has 0 aromatic heterocycles. The van der Waals surface area contributed by atoms with Gasteiger partial charge in [0.05, 0.1) is 0 Å². The van der Waals surface area contributed by atoms with E-state index >= 15 is 0 Å². The first-order chi connectivity index (χ1) is 10.5. The molecule has 2 rings (SSSR count). The molecule has 2 N–H and O–H groups in total. The molecular weight excluding hydrogens is 286 g/mol. The Balaban J connectivity index is 2.14. The normalized spacial score (nSPS) is 12.5. The van der Waals surface area contributed by atoms with Crippen LogP contribution in [0.1, 0.15) is 22.0 Å². The molecule has 0 saturated carbocycles. The van der Waals surface area contributed by atoms with Crippen molar-refractivity contribution in [2.24, 2.45) is 0 Å². The number of carbonyl (C=O) groups is 1. The zero-order valence-corrected chi connectivity index (χ0v) is 11.8. The molecule has 0 bridgehead atoms. The van der Waals surface area contributed by atoms with Gasteiger partial charge in [-0.2, -0.15) is 8.78 Å². The lowest BCUT2D eigenvalue weighted by Crippen LogP contribution is -2.46. The smallest absolute Gasteiger partial charge is 0.287 e. The summed E-state index contributed by atoms with van der Waals surface area (Å²) in [6.07, 6.45) is 0.562. The summed E-state index contributed by atoms with van der Waals surface area (Å²) in [5.41, 5.74) is 5.45. The Bertz CT molecular complexity index is 630. The zero-order chi connectivity index (χ0) is 16.0. The Morgan fingerprint density at radius 2 is 1.59 bits per heavy atom. The quantitative estimate of drug-likeness (QED) is 0.633. The number of hydrazine groups is 1. The van der Waals surface area contributed by atoms with Crippen LogP contribution in [-0.4, -0.2) is 11.8 Å². The highest BCUT2D eigenvalue weighted by atomic mass is 19.3. The molecule has 1 unspecified atom stereocenters. The van der Waals surface area contributed by atoms with Crippen LogP contribution in [-0.2, 0) is 0 Å². The molecule has 0 aliphatic rings. The number of halogens is 2. The van der Waals surface area contributed by atoms with Gasteiger partial charge in [0.25, 0.3) is 11.8 Å². The van der Waals surface area contributed by atoms with Crippen LogP contribution >= 0.6 is 0 Å². The molecule has 0 saturated heterocycles. The molecule has 0 aliphatic heterocycles. The minimum absolute atomic E-state index is 0.348. The van der Waals surface area contributed by atoms with Gasteiger partial charge < -0.3 is 0 Å². The number of hydrogen-bond acceptors (Lipinski definition) is 2. The Hall–Kier alpha value is -2.53. The van der Waals surface area contributed by atoms with E-state index in [1.54, 1.807) is 60.7 Å². The molecule has 114 valence electrons. The maximum Gasteiger partial charge on any atom is 0.287 e. The minimum atomic E-state index is -3.22. The summed E-state index contributed by atoms with van der Waals surface area (Å²) in [6.45, 7) is 3.16. The maximum absolute atomic E-state index is 14.0. The minimum Gasteiger partial charge on any atom is -0.287 e. The van der Waals surface area contributed by atoms with Crippen molar-refractivity contribution < 1.29 is 13.6 Å². The van der Waals surface area contributed by atoms with Gasteiger partial charge in [0.2, 0.25) is 0 Å². The third kappa shape index (κ3) is 3.77. The van der Waals surface area contributed by atoms with Gasteiger partial charge in [-0.1, -0.05) is 55.1 Å². The number of hydrogen-bond donors (Lipinski definition) is 2. The number of carbonyl (C=O) groups excluding carboxylic acids is 1. The number of rotatable bonds is 6. The standard InChI is InChI=1S/C17H16F2N2O/c1-2-17(18,19)15(13-9-5-3-6-10-13)20-21-16(22)14-11-7-4-8-12-14/h2-12,15,20H,1H2,(H,21,22). The monoisotopic (exact) mass is 302 g/mol. The molecule has 22 heavy (non-hydrogen) atoms. The van der Waals surface area contributed by atoms with Gasteiger partial charge in [0.1, 0.15) is 6.04 Å². The fourth-order valence-electron chi connectivity index (χ4n) is 1.96. The summed E-state index contributed by atoms with van der Waals surface area (Å²) in [5, 5.41) is 0. The van der Waals surface area contributed by atoms with Crippen molar-refractivity contribution in [2.45, 2.75) is 12.0 Å². The van der Waals surface area contributed by atoms with E-state index in [1.807, 2.05) is 0 Å². The second kappa shape index (κ2) is 6.95. The van der Waals surface area contributed by atoms with Crippen molar-refractivity contribution in [2.75, 3.05) is 0 Å². The van der Waals surface area contributed by atoms with E-state index in [2.05, 4.69) is 17.4 Å². The first-order valence-electron chi connectivity index (χ1n) is 6.72. The predicted molar refractivity (Wildman–Crippen MR) is 81.4 cm³/mol. The SMILES string of the molecule is C=CC(F)(F)C(NNC(=O)c1ccccc1)c1ccccc1. The number of amides is 1. The van der Waals surface area contributed by atoms with Gasteiger partial charge in [-0.3, -0.25) is 10.2 Å². The van der Waals surface area contributed by atoms with Crippen molar-refractivity contribution in [3.8, 4) is 0 Å². The second-order valence-electron chi connectivity index (χ2n) is 4.69. The molecule has 0 heterocycles. The van der Waals surface area contributed by atoms with Crippen LogP contribution in [0.15, 0.2) is 73.3 Å². The average Bonchev–Trinajstić information content (AvgIpc) is 2.56. The number of alkyl halides is 2. The molecule has 0 spiro atoms. The van der Waals surface area contributed by atoms with Gasteiger partial charge in [-0.15, -0.1) is 0 Å². The lowest BCUT2D eigenvalue weighted by atomic mass is 10.0. The Labute approximate surface area is 127 Å². The number of benzene rings is 2. The molecule has 2 aromatic rings. The van der Waals surface area contributed by atoms with Crippen molar-refractivity contribution in [3.63, 3.8) is 0 Å². The van der Waals surface area contributed by atoms with Gasteiger partial charge in [-0.25, -0.2) is 5.43 Å². The van der Waals surface area contributed by atoms with Crippen LogP contribution < -0.4 is 10.9 Å².